The van der Waals surface area contributed by atoms with E-state index in [2.05, 4.69) is 49.6 Å². The summed E-state index contributed by atoms with van der Waals surface area (Å²) in [4.78, 5) is 4.62. The van der Waals surface area contributed by atoms with E-state index in [-0.39, 0.29) is 60.8 Å². The number of piperazine rings is 2. The van der Waals surface area contributed by atoms with Crippen LogP contribution in [0.2, 0.25) is 0 Å². The molecular formula is C32H38Cl2F3N7O4S. The molecule has 49 heavy (non-hydrogen) atoms. The molecule has 17 heteroatoms. The quantitative estimate of drug-likeness (QED) is 0.245. The lowest BCUT2D eigenvalue weighted by atomic mass is 9.81. The average Bonchev–Trinajstić information content (AvgIpc) is 3.56. The number of alkyl halides is 3. The zero-order valence-corrected chi connectivity index (χ0v) is 29.5. The molecule has 3 heterocycles. The fourth-order valence-electron chi connectivity index (χ4n) is 6.95. The number of benzene rings is 3. The molecule has 0 bridgehead atoms. The van der Waals surface area contributed by atoms with Gasteiger partial charge in [0.1, 0.15) is 11.4 Å². The summed E-state index contributed by atoms with van der Waals surface area (Å²) in [6.07, 6.45) is -3.57. The number of hydrogen-bond acceptors (Lipinski definition) is 9. The number of methoxy groups -OCH3 is 2. The van der Waals surface area contributed by atoms with Crippen LogP contribution in [0.3, 0.4) is 0 Å². The maximum absolute atomic E-state index is 13.8. The number of rotatable bonds is 9. The van der Waals surface area contributed by atoms with E-state index in [1.54, 1.807) is 6.07 Å². The maximum atomic E-state index is 13.8. The molecule has 0 radical (unpaired) electrons. The molecular weight excluding hydrogens is 706 g/mol. The topological polar surface area (TPSA) is 106 Å². The molecule has 0 amide bonds. The number of sulfonamides is 1. The third-order valence-electron chi connectivity index (χ3n) is 8.96. The molecule has 3 aromatic carbocycles. The number of aromatic nitrogens is 4. The van der Waals surface area contributed by atoms with Gasteiger partial charge < -0.3 is 9.47 Å². The molecule has 6 rings (SSSR count). The fourth-order valence-corrected chi connectivity index (χ4v) is 7.81. The number of tetrazole rings is 1. The van der Waals surface area contributed by atoms with Crippen LogP contribution in [0.4, 0.5) is 13.2 Å². The molecule has 2 aliphatic rings. The normalized spacial score (nSPS) is 19.1. The van der Waals surface area contributed by atoms with Gasteiger partial charge in [0.25, 0.3) is 5.82 Å². The number of nitrogens with zero attached hydrogens (tertiary/aromatic N) is 7. The van der Waals surface area contributed by atoms with Crippen molar-refractivity contribution in [1.29, 1.82) is 0 Å². The van der Waals surface area contributed by atoms with Crippen LogP contribution in [0.1, 0.15) is 28.4 Å². The first kappa shape index (κ1) is 38.3. The van der Waals surface area contributed by atoms with Crippen LogP contribution < -0.4 is 9.47 Å². The van der Waals surface area contributed by atoms with Gasteiger partial charge in [-0.15, -0.1) is 29.9 Å². The predicted molar refractivity (Wildman–Crippen MR) is 182 cm³/mol. The summed E-state index contributed by atoms with van der Waals surface area (Å²) < 4.78 is 80.3. The van der Waals surface area contributed by atoms with Crippen molar-refractivity contribution in [3.05, 3.63) is 95.3 Å². The highest BCUT2D eigenvalue weighted by Gasteiger charge is 2.44. The average molecular weight is 745 g/mol. The lowest BCUT2D eigenvalue weighted by Gasteiger charge is -2.53. The number of hydrogen-bond donors (Lipinski definition) is 0. The van der Waals surface area contributed by atoms with Gasteiger partial charge in [-0.05, 0) is 33.7 Å². The second-order valence-electron chi connectivity index (χ2n) is 11.8. The Morgan fingerprint density at radius 2 is 1.51 bits per heavy atom. The fraction of sp³-hybridized carbons (Fsp3) is 0.406. The minimum Gasteiger partial charge on any atom is -0.496 e. The summed E-state index contributed by atoms with van der Waals surface area (Å²) in [5.74, 6) is -0.754. The van der Waals surface area contributed by atoms with Gasteiger partial charge >= 0.3 is 6.18 Å². The Bertz CT molecular complexity index is 1760. The van der Waals surface area contributed by atoms with Gasteiger partial charge in [-0.3, -0.25) is 9.80 Å². The van der Waals surface area contributed by atoms with Crippen LogP contribution >= 0.6 is 24.8 Å². The standard InChI is InChI=1S/C32H36F3N7O4S.2ClH/c1-45-28-15-14-26(42-31(32(33,34)35)36-37-38-42)30(46-2)25(28)20-39-18-24-19-40(47(3,43)44)16-17-41(24)27(21-39)29(22-10-6-4-7-11-22)23-12-8-5-9-13-23;;/h4-15,24,27,29H,16-21H2,1-3H3;2*1H. The molecule has 266 valence electrons. The van der Waals surface area contributed by atoms with E-state index in [0.29, 0.717) is 48.7 Å². The first-order valence-corrected chi connectivity index (χ1v) is 17.0. The van der Waals surface area contributed by atoms with E-state index in [1.807, 2.05) is 36.4 Å². The van der Waals surface area contributed by atoms with Gasteiger partial charge in [0.15, 0.2) is 5.75 Å². The predicted octanol–water partition coefficient (Wildman–Crippen LogP) is 4.50. The van der Waals surface area contributed by atoms with Crippen LogP contribution in [0.25, 0.3) is 5.69 Å². The van der Waals surface area contributed by atoms with Gasteiger partial charge in [0.05, 0.1) is 26.0 Å². The van der Waals surface area contributed by atoms with E-state index < -0.39 is 22.0 Å². The van der Waals surface area contributed by atoms with Crippen molar-refractivity contribution in [3.8, 4) is 17.2 Å². The molecule has 2 atom stereocenters. The molecule has 2 unspecified atom stereocenters. The second-order valence-corrected chi connectivity index (χ2v) is 13.8. The lowest BCUT2D eigenvalue weighted by Crippen LogP contribution is -2.67. The van der Waals surface area contributed by atoms with Crippen molar-refractivity contribution in [2.24, 2.45) is 0 Å². The van der Waals surface area contributed by atoms with E-state index >= 15 is 0 Å². The van der Waals surface area contributed by atoms with Crippen LogP contribution in [0.15, 0.2) is 72.8 Å². The SMILES string of the molecule is COc1ccc(-n2nnnc2C(F)(F)F)c(OC)c1CN1CC2CN(S(C)(=O)=O)CCN2C(C(c2ccccc2)c2ccccc2)C1.Cl.Cl. The maximum Gasteiger partial charge on any atom is 0.453 e. The molecule has 2 aliphatic heterocycles. The van der Waals surface area contributed by atoms with Gasteiger partial charge in [0.2, 0.25) is 10.0 Å². The molecule has 0 spiro atoms. The molecule has 2 fully saturated rings. The summed E-state index contributed by atoms with van der Waals surface area (Å²) in [6.45, 7) is 2.61. The minimum absolute atomic E-state index is 0. The van der Waals surface area contributed by atoms with Gasteiger partial charge in [-0.25, -0.2) is 8.42 Å². The highest BCUT2D eigenvalue weighted by molar-refractivity contribution is 7.88. The Balaban J connectivity index is 0.00000270. The van der Waals surface area contributed by atoms with Gasteiger partial charge in [0, 0.05) is 57.3 Å². The van der Waals surface area contributed by atoms with Crippen LogP contribution in [0.5, 0.6) is 11.5 Å². The summed E-state index contributed by atoms with van der Waals surface area (Å²) >= 11 is 0. The van der Waals surface area contributed by atoms with Crippen LogP contribution in [0, 0.1) is 0 Å². The van der Waals surface area contributed by atoms with E-state index in [1.165, 1.54) is 30.8 Å². The highest BCUT2D eigenvalue weighted by atomic mass is 35.5. The molecule has 0 saturated carbocycles. The van der Waals surface area contributed by atoms with Crippen molar-refractivity contribution in [2.75, 3.05) is 53.2 Å². The van der Waals surface area contributed by atoms with E-state index in [4.69, 9.17) is 9.47 Å². The third-order valence-corrected chi connectivity index (χ3v) is 10.2. The molecule has 11 nitrogen and oxygen atoms in total. The molecule has 2 saturated heterocycles. The lowest BCUT2D eigenvalue weighted by molar-refractivity contribution is -0.146. The van der Waals surface area contributed by atoms with Gasteiger partial charge in [-0.1, -0.05) is 60.7 Å². The Kier molecular flexibility index (Phi) is 12.2. The summed E-state index contributed by atoms with van der Waals surface area (Å²) in [6, 6.07) is 23.2. The Hall–Kier alpha value is -3.47. The summed E-state index contributed by atoms with van der Waals surface area (Å²) in [5, 5.41) is 10.1. The second kappa shape index (κ2) is 15.6. The minimum atomic E-state index is -4.80. The van der Waals surface area contributed by atoms with Gasteiger partial charge in [-0.2, -0.15) is 22.2 Å². The third kappa shape index (κ3) is 7.97. The van der Waals surface area contributed by atoms with Crippen molar-refractivity contribution < 1.29 is 31.1 Å². The Labute approximate surface area is 295 Å². The van der Waals surface area contributed by atoms with E-state index in [9.17, 15) is 21.6 Å². The number of ether oxygens (including phenoxy) is 2. The monoisotopic (exact) mass is 743 g/mol. The van der Waals surface area contributed by atoms with E-state index in [0.717, 1.165) is 11.1 Å². The largest absolute Gasteiger partial charge is 0.496 e. The molecule has 1 aromatic heterocycles. The first-order chi connectivity index (χ1) is 22.5. The van der Waals surface area contributed by atoms with Crippen LogP contribution in [-0.2, 0) is 22.7 Å². The zero-order valence-electron chi connectivity index (χ0n) is 27.0. The summed E-state index contributed by atoms with van der Waals surface area (Å²) in [7, 11) is -0.558. The Morgan fingerprint density at radius 1 is 0.878 bits per heavy atom. The van der Waals surface area contributed by atoms with Crippen molar-refractivity contribution in [1.82, 2.24) is 34.3 Å². The van der Waals surface area contributed by atoms with Crippen molar-refractivity contribution in [2.45, 2.75) is 30.7 Å². The summed E-state index contributed by atoms with van der Waals surface area (Å²) in [5.41, 5.74) is 2.80. The smallest absolute Gasteiger partial charge is 0.453 e. The first-order valence-electron chi connectivity index (χ1n) is 15.1. The zero-order chi connectivity index (χ0) is 33.3. The highest BCUT2D eigenvalue weighted by Crippen LogP contribution is 2.40. The number of fused-ring (bicyclic) bond motifs is 1. The van der Waals surface area contributed by atoms with Crippen molar-refractivity contribution in [3.63, 3.8) is 0 Å². The number of halogens is 5. The molecule has 0 aliphatic carbocycles. The molecule has 4 aromatic rings. The van der Waals surface area contributed by atoms with Crippen molar-refractivity contribution >= 4 is 34.8 Å². The Morgan fingerprint density at radius 3 is 2.06 bits per heavy atom. The van der Waals surface area contributed by atoms with Crippen LogP contribution in [-0.4, -0.2) is 108 Å². The molecule has 0 N–H and O–H groups in total.